The quantitative estimate of drug-likeness (QED) is 0.249. The van der Waals surface area contributed by atoms with Crippen molar-refractivity contribution in [2.45, 2.75) is 38.5 Å². The molecular weight excluding hydrogens is 457 g/mol. The number of nitrogens with one attached hydrogen (secondary N) is 1. The average Bonchev–Trinajstić information content (AvgIpc) is 2.68. The van der Waals surface area contributed by atoms with Gasteiger partial charge in [-0.05, 0) is 30.4 Å². The van der Waals surface area contributed by atoms with E-state index >= 15 is 0 Å². The Bertz CT molecular complexity index is 532. The first-order chi connectivity index (χ1) is 12.8. The molecular formula is C20H34IN3O3. The molecule has 0 aromatic heterocycles. The van der Waals surface area contributed by atoms with Gasteiger partial charge in [0, 0.05) is 54.1 Å². The lowest BCUT2D eigenvalue weighted by molar-refractivity contribution is 0.00989. The van der Waals surface area contributed by atoms with Crippen molar-refractivity contribution in [2.75, 3.05) is 47.6 Å². The van der Waals surface area contributed by atoms with Gasteiger partial charge >= 0.3 is 0 Å². The molecule has 2 rings (SSSR count). The molecule has 1 N–H and O–H groups in total. The maximum Gasteiger partial charge on any atom is 0.193 e. The predicted molar refractivity (Wildman–Crippen MR) is 120 cm³/mol. The summed E-state index contributed by atoms with van der Waals surface area (Å²) >= 11 is 0. The fraction of sp³-hybridized carbons (Fsp3) is 0.650. The predicted octanol–water partition coefficient (Wildman–Crippen LogP) is 3.04. The van der Waals surface area contributed by atoms with Crippen LogP contribution in [0.1, 0.15) is 30.4 Å². The Kier molecular flexibility index (Phi) is 12.6. The molecule has 1 fully saturated rings. The van der Waals surface area contributed by atoms with Crippen molar-refractivity contribution in [3.63, 3.8) is 0 Å². The van der Waals surface area contributed by atoms with Crippen LogP contribution in [0.2, 0.25) is 0 Å². The molecule has 0 unspecified atom stereocenters. The third-order valence-corrected chi connectivity index (χ3v) is 4.58. The van der Waals surface area contributed by atoms with Gasteiger partial charge in [-0.3, -0.25) is 4.99 Å². The molecule has 1 aliphatic heterocycles. The first-order valence-corrected chi connectivity index (χ1v) is 9.39. The van der Waals surface area contributed by atoms with E-state index in [-0.39, 0.29) is 24.0 Å². The second-order valence-electron chi connectivity index (χ2n) is 6.55. The second-order valence-corrected chi connectivity index (χ2v) is 6.55. The average molecular weight is 491 g/mol. The molecule has 1 heterocycles. The summed E-state index contributed by atoms with van der Waals surface area (Å²) in [5.74, 6) is 0.962. The van der Waals surface area contributed by atoms with Crippen LogP contribution >= 0.6 is 24.0 Å². The van der Waals surface area contributed by atoms with Crippen molar-refractivity contribution in [2.24, 2.45) is 4.99 Å². The summed E-state index contributed by atoms with van der Waals surface area (Å²) in [6, 6.07) is 8.48. The molecule has 27 heavy (non-hydrogen) atoms. The normalized spacial score (nSPS) is 15.5. The minimum atomic E-state index is 0. The number of halogens is 1. The van der Waals surface area contributed by atoms with Crippen molar-refractivity contribution < 1.29 is 14.2 Å². The van der Waals surface area contributed by atoms with Gasteiger partial charge in [0.2, 0.25) is 0 Å². The van der Waals surface area contributed by atoms with Crippen LogP contribution in [0.4, 0.5) is 0 Å². The molecule has 1 aliphatic rings. The third kappa shape index (κ3) is 8.76. The first kappa shape index (κ1) is 24.1. The van der Waals surface area contributed by atoms with Crippen LogP contribution in [0.25, 0.3) is 0 Å². The van der Waals surface area contributed by atoms with Crippen molar-refractivity contribution >= 4 is 29.9 Å². The highest BCUT2D eigenvalue weighted by molar-refractivity contribution is 14.0. The Labute approximate surface area is 180 Å². The van der Waals surface area contributed by atoms with Crippen molar-refractivity contribution in [1.29, 1.82) is 0 Å². The molecule has 1 aromatic carbocycles. The number of methoxy groups -OCH3 is 2. The Morgan fingerprint density at radius 3 is 2.33 bits per heavy atom. The zero-order valence-corrected chi connectivity index (χ0v) is 19.1. The van der Waals surface area contributed by atoms with Crippen molar-refractivity contribution in [1.82, 2.24) is 10.2 Å². The van der Waals surface area contributed by atoms with Crippen LogP contribution in [0, 0.1) is 0 Å². The summed E-state index contributed by atoms with van der Waals surface area (Å²) in [7, 11) is 5.29. The maximum absolute atomic E-state index is 5.93. The number of aliphatic imine (C=N–C) groups is 1. The molecule has 7 heteroatoms. The highest BCUT2D eigenvalue weighted by atomic mass is 127. The topological polar surface area (TPSA) is 55.3 Å². The SMILES string of the molecule is CN=C(NCc1ccc(COC)cc1)N1CCC(OCCCOC)CC1.I. The second kappa shape index (κ2) is 14.1. The molecule has 154 valence electrons. The number of piperidine rings is 1. The molecule has 0 spiro atoms. The van der Waals surface area contributed by atoms with Crippen LogP contribution in [0.3, 0.4) is 0 Å². The fourth-order valence-electron chi connectivity index (χ4n) is 3.12. The van der Waals surface area contributed by atoms with Crippen molar-refractivity contribution in [3.05, 3.63) is 35.4 Å². The molecule has 0 bridgehead atoms. The smallest absolute Gasteiger partial charge is 0.193 e. The van der Waals surface area contributed by atoms with E-state index in [1.54, 1.807) is 14.2 Å². The van der Waals surface area contributed by atoms with Gasteiger partial charge in [0.15, 0.2) is 5.96 Å². The number of hydrogen-bond acceptors (Lipinski definition) is 4. The van der Waals surface area contributed by atoms with Crippen LogP contribution in [-0.4, -0.2) is 64.5 Å². The van der Waals surface area contributed by atoms with Crippen LogP contribution in [0.5, 0.6) is 0 Å². The van der Waals surface area contributed by atoms with Gasteiger partial charge in [-0.2, -0.15) is 0 Å². The highest BCUT2D eigenvalue weighted by Gasteiger charge is 2.21. The molecule has 0 aliphatic carbocycles. The summed E-state index contributed by atoms with van der Waals surface area (Å²) in [6.45, 7) is 4.92. The highest BCUT2D eigenvalue weighted by Crippen LogP contribution is 2.14. The van der Waals surface area contributed by atoms with E-state index < -0.39 is 0 Å². The number of hydrogen-bond donors (Lipinski definition) is 1. The zero-order valence-electron chi connectivity index (χ0n) is 16.8. The van der Waals surface area contributed by atoms with Gasteiger partial charge in [0.25, 0.3) is 0 Å². The number of ether oxygens (including phenoxy) is 3. The first-order valence-electron chi connectivity index (χ1n) is 9.39. The maximum atomic E-state index is 5.93. The van der Waals surface area contributed by atoms with Gasteiger partial charge in [0.1, 0.15) is 0 Å². The number of benzene rings is 1. The van der Waals surface area contributed by atoms with E-state index in [9.17, 15) is 0 Å². The standard InChI is InChI=1S/C20H33N3O3.HI/c1-21-20(22-15-17-5-7-18(8-6-17)16-25-3)23-11-9-19(10-12-23)26-14-4-13-24-2;/h5-8,19H,4,9-16H2,1-3H3,(H,21,22);1H. The lowest BCUT2D eigenvalue weighted by Crippen LogP contribution is -2.46. The summed E-state index contributed by atoms with van der Waals surface area (Å²) in [6.07, 6.45) is 3.40. The summed E-state index contributed by atoms with van der Waals surface area (Å²) < 4.78 is 16.1. The summed E-state index contributed by atoms with van der Waals surface area (Å²) in [5.41, 5.74) is 2.43. The van der Waals surface area contributed by atoms with Crippen molar-refractivity contribution in [3.8, 4) is 0 Å². The molecule has 6 nitrogen and oxygen atoms in total. The Morgan fingerprint density at radius 1 is 1.07 bits per heavy atom. The van der Waals surface area contributed by atoms with Crippen LogP contribution in [-0.2, 0) is 27.4 Å². The van der Waals surface area contributed by atoms with E-state index in [1.807, 2.05) is 7.05 Å². The van der Waals surface area contributed by atoms with E-state index in [4.69, 9.17) is 14.2 Å². The lowest BCUT2D eigenvalue weighted by Gasteiger charge is -2.34. The molecule has 0 radical (unpaired) electrons. The Morgan fingerprint density at radius 2 is 1.74 bits per heavy atom. The monoisotopic (exact) mass is 491 g/mol. The molecule has 1 saturated heterocycles. The van der Waals surface area contributed by atoms with Gasteiger partial charge in [-0.1, -0.05) is 24.3 Å². The van der Waals surface area contributed by atoms with Gasteiger partial charge in [-0.15, -0.1) is 24.0 Å². The minimum absolute atomic E-state index is 0. The number of likely N-dealkylation sites (tertiary alicyclic amines) is 1. The minimum Gasteiger partial charge on any atom is -0.385 e. The molecule has 0 saturated carbocycles. The molecule has 1 aromatic rings. The third-order valence-electron chi connectivity index (χ3n) is 4.58. The number of nitrogens with zero attached hydrogens (tertiary/aromatic N) is 2. The lowest BCUT2D eigenvalue weighted by atomic mass is 10.1. The zero-order chi connectivity index (χ0) is 18.6. The summed E-state index contributed by atoms with van der Waals surface area (Å²) in [5, 5.41) is 3.47. The Hall–Kier alpha value is -0.900. The molecule has 0 atom stereocenters. The number of guanidine groups is 1. The van der Waals surface area contributed by atoms with Crippen LogP contribution in [0.15, 0.2) is 29.3 Å². The van der Waals surface area contributed by atoms with E-state index in [0.717, 1.165) is 58.1 Å². The van der Waals surface area contributed by atoms with E-state index in [0.29, 0.717) is 12.7 Å². The largest absolute Gasteiger partial charge is 0.385 e. The van der Waals surface area contributed by atoms with Gasteiger partial charge in [0.05, 0.1) is 12.7 Å². The number of rotatable bonds is 9. The van der Waals surface area contributed by atoms with Gasteiger partial charge < -0.3 is 24.4 Å². The van der Waals surface area contributed by atoms with Crippen LogP contribution < -0.4 is 5.32 Å². The molecule has 0 amide bonds. The fourth-order valence-corrected chi connectivity index (χ4v) is 3.12. The van der Waals surface area contributed by atoms with Gasteiger partial charge in [-0.25, -0.2) is 0 Å². The van der Waals surface area contributed by atoms with E-state index in [2.05, 4.69) is 39.5 Å². The Balaban J connectivity index is 0.00000364. The summed E-state index contributed by atoms with van der Waals surface area (Å²) in [4.78, 5) is 6.75. The van der Waals surface area contributed by atoms with E-state index in [1.165, 1.54) is 11.1 Å².